The first-order chi connectivity index (χ1) is 17.3. The minimum atomic E-state index is -2.04. The van der Waals surface area contributed by atoms with E-state index < -0.39 is 116 Å². The van der Waals surface area contributed by atoms with Gasteiger partial charge in [0.05, 0.1) is 19.3 Å². The van der Waals surface area contributed by atoms with Crippen LogP contribution in [0.2, 0.25) is 0 Å². The number of nitrogens with one attached hydrogen (secondary N) is 3. The van der Waals surface area contributed by atoms with E-state index in [9.17, 15) is 39.9 Å². The van der Waals surface area contributed by atoms with Crippen LogP contribution in [0.15, 0.2) is 12.7 Å². The minimum absolute atomic E-state index is 0.541. The van der Waals surface area contributed by atoms with Gasteiger partial charge in [-0.3, -0.25) is 14.4 Å². The van der Waals surface area contributed by atoms with Crippen molar-refractivity contribution in [2.45, 2.75) is 50.0 Å². The van der Waals surface area contributed by atoms with Gasteiger partial charge < -0.3 is 44.4 Å². The SMILES string of the molecule is C=CC(=O)O[C@@H]1[C@@H](OC(=O)CC[NH+]([O-])O)[C@H](OC(=O)CC[NH+]([O-])O)[C@@H](COC(=O)CC[NH+]([O-])O)O[C@@H]1O. The van der Waals surface area contributed by atoms with Gasteiger partial charge in [-0.05, 0) is 0 Å². The molecule has 19 nitrogen and oxygen atoms in total. The second-order valence-corrected chi connectivity index (χ2v) is 7.44. The van der Waals surface area contributed by atoms with Crippen LogP contribution in [0.3, 0.4) is 0 Å². The van der Waals surface area contributed by atoms with E-state index in [4.69, 9.17) is 39.3 Å². The van der Waals surface area contributed by atoms with Crippen LogP contribution in [0, 0.1) is 15.6 Å². The van der Waals surface area contributed by atoms with Crippen LogP contribution in [-0.4, -0.2) is 102 Å². The second kappa shape index (κ2) is 16.1. The number of carbonyl (C=O) groups excluding carboxylic acids is 4. The highest BCUT2D eigenvalue weighted by Gasteiger charge is 2.52. The Kier molecular flexibility index (Phi) is 14.0. The summed E-state index contributed by atoms with van der Waals surface area (Å²) in [6.45, 7) is 0.538. The summed E-state index contributed by atoms with van der Waals surface area (Å²) in [5.74, 6) is -4.43. The molecule has 1 fully saturated rings. The molecule has 0 amide bonds. The molecule has 3 unspecified atom stereocenters. The third-order valence-electron chi connectivity index (χ3n) is 4.60. The van der Waals surface area contributed by atoms with Crippen molar-refractivity contribution in [3.63, 3.8) is 0 Å². The van der Waals surface area contributed by atoms with E-state index in [1.807, 2.05) is 0 Å². The van der Waals surface area contributed by atoms with Crippen LogP contribution in [0.25, 0.3) is 0 Å². The first kappa shape index (κ1) is 32.2. The molecule has 1 rings (SSSR count). The Bertz CT molecular complexity index is 778. The van der Waals surface area contributed by atoms with Crippen molar-refractivity contribution in [3.8, 4) is 0 Å². The van der Waals surface area contributed by atoms with E-state index in [0.717, 1.165) is 0 Å². The van der Waals surface area contributed by atoms with Gasteiger partial charge in [-0.2, -0.15) is 0 Å². The molecule has 0 radical (unpaired) electrons. The quantitative estimate of drug-likeness (QED) is 0.0437. The predicted molar refractivity (Wildman–Crippen MR) is 108 cm³/mol. The van der Waals surface area contributed by atoms with E-state index in [-0.39, 0.29) is 0 Å². The van der Waals surface area contributed by atoms with E-state index in [1.54, 1.807) is 0 Å². The molecule has 0 aromatic rings. The van der Waals surface area contributed by atoms with E-state index >= 15 is 0 Å². The topological polar surface area (TPSA) is 278 Å². The molecule has 37 heavy (non-hydrogen) atoms. The summed E-state index contributed by atoms with van der Waals surface area (Å²) in [7, 11) is 0. The van der Waals surface area contributed by atoms with Crippen molar-refractivity contribution in [3.05, 3.63) is 28.3 Å². The Hall–Kier alpha value is -2.82. The molecule has 0 aliphatic carbocycles. The fraction of sp³-hybridized carbons (Fsp3) is 0.667. The van der Waals surface area contributed by atoms with Crippen molar-refractivity contribution in [2.75, 3.05) is 26.2 Å². The van der Waals surface area contributed by atoms with Crippen LogP contribution in [0.1, 0.15) is 19.3 Å². The molecule has 0 bridgehead atoms. The second-order valence-electron chi connectivity index (χ2n) is 7.44. The number of aliphatic hydroxyl groups excluding tert-OH is 1. The zero-order valence-corrected chi connectivity index (χ0v) is 19.3. The van der Waals surface area contributed by atoms with Gasteiger partial charge in [-0.15, -0.1) is 0 Å². The summed E-state index contributed by atoms with van der Waals surface area (Å²) in [5, 5.41) is 64.8. The molecule has 0 aromatic carbocycles. The van der Waals surface area contributed by atoms with Gasteiger partial charge in [0.2, 0.25) is 0 Å². The van der Waals surface area contributed by atoms with E-state index in [2.05, 4.69) is 6.58 Å². The van der Waals surface area contributed by atoms with Crippen LogP contribution < -0.4 is 15.7 Å². The Morgan fingerprint density at radius 2 is 1.24 bits per heavy atom. The number of aliphatic hydroxyl groups is 1. The number of rotatable bonds is 15. The maximum Gasteiger partial charge on any atom is 0.330 e. The highest BCUT2D eigenvalue weighted by Crippen LogP contribution is 2.28. The van der Waals surface area contributed by atoms with Gasteiger partial charge in [0.1, 0.15) is 32.3 Å². The highest BCUT2D eigenvalue weighted by atomic mass is 16.8. The average molecular weight is 543 g/mol. The summed E-state index contributed by atoms with van der Waals surface area (Å²) in [6, 6.07) is 0. The molecule has 1 heterocycles. The lowest BCUT2D eigenvalue weighted by molar-refractivity contribution is -1.05. The van der Waals surface area contributed by atoms with Gasteiger partial charge in [0.15, 0.2) is 24.6 Å². The molecule has 0 aromatic heterocycles. The fourth-order valence-electron chi connectivity index (χ4n) is 2.91. The lowest BCUT2D eigenvalue weighted by Gasteiger charge is -2.42. The van der Waals surface area contributed by atoms with Crippen LogP contribution >= 0.6 is 0 Å². The molecular formula is C18H29N3O16. The maximum atomic E-state index is 12.3. The predicted octanol–water partition coefficient (Wildman–Crippen LogP) is -6.35. The van der Waals surface area contributed by atoms with E-state index in [0.29, 0.717) is 6.08 Å². The number of hydrogen-bond acceptors (Lipinski definition) is 16. The standard InChI is InChI=1S/C18H29N3O16/c1-2-11(22)35-17-16(37-14(25)5-8-21(31)32)15(36-13(24)4-7-20(29)30)10(34-18(17)26)9-33-12(23)3-6-19(27)28/h2,10,15-21,26-27,29,31H,1,3-9H2/t10-,15-,16+,17-,18+/m1/s1. The van der Waals surface area contributed by atoms with Crippen molar-refractivity contribution in [1.29, 1.82) is 0 Å². The van der Waals surface area contributed by atoms with Crippen LogP contribution in [-0.2, 0) is 42.9 Å². The van der Waals surface area contributed by atoms with Gasteiger partial charge in [0, 0.05) is 6.08 Å². The molecule has 212 valence electrons. The van der Waals surface area contributed by atoms with Gasteiger partial charge >= 0.3 is 23.9 Å². The molecule has 1 saturated heterocycles. The molecule has 0 spiro atoms. The summed E-state index contributed by atoms with van der Waals surface area (Å²) in [5.41, 5.74) is 0. The average Bonchev–Trinajstić information content (AvgIpc) is 2.82. The summed E-state index contributed by atoms with van der Waals surface area (Å²) >= 11 is 0. The largest absolute Gasteiger partial charge is 0.600 e. The van der Waals surface area contributed by atoms with Gasteiger partial charge in [0.25, 0.3) is 0 Å². The molecule has 0 saturated carbocycles. The number of carbonyl (C=O) groups is 4. The zero-order valence-electron chi connectivity index (χ0n) is 19.3. The Morgan fingerprint density at radius 3 is 1.70 bits per heavy atom. The highest BCUT2D eigenvalue weighted by molar-refractivity contribution is 5.81. The smallest absolute Gasteiger partial charge is 0.330 e. The zero-order chi connectivity index (χ0) is 28.1. The molecule has 19 heteroatoms. The van der Waals surface area contributed by atoms with Crippen molar-refractivity contribution in [2.24, 2.45) is 0 Å². The minimum Gasteiger partial charge on any atom is -0.600 e. The number of hydroxylamine groups is 6. The number of quaternary nitrogens is 3. The van der Waals surface area contributed by atoms with Gasteiger partial charge in [-0.25, -0.2) is 36.1 Å². The monoisotopic (exact) mass is 543 g/mol. The molecule has 8 atom stereocenters. The van der Waals surface area contributed by atoms with Crippen molar-refractivity contribution >= 4 is 23.9 Å². The first-order valence-corrected chi connectivity index (χ1v) is 10.7. The Balaban J connectivity index is 3.21. The summed E-state index contributed by atoms with van der Waals surface area (Å²) in [6.07, 6.45) is -10.2. The third-order valence-corrected chi connectivity index (χ3v) is 4.60. The lowest BCUT2D eigenvalue weighted by Crippen LogP contribution is -3.04. The Morgan fingerprint density at radius 1 is 0.784 bits per heavy atom. The first-order valence-electron chi connectivity index (χ1n) is 10.7. The van der Waals surface area contributed by atoms with Crippen molar-refractivity contribution in [1.82, 2.24) is 0 Å². The normalized spacial score (nSPS) is 25.8. The lowest BCUT2D eigenvalue weighted by atomic mass is 9.98. The van der Waals surface area contributed by atoms with Crippen molar-refractivity contribution < 1.29 is 79.3 Å². The van der Waals surface area contributed by atoms with Crippen LogP contribution in [0.4, 0.5) is 0 Å². The molecular weight excluding hydrogens is 514 g/mol. The van der Waals surface area contributed by atoms with E-state index in [1.165, 1.54) is 0 Å². The molecule has 7 N–H and O–H groups in total. The number of ether oxygens (including phenoxy) is 5. The summed E-state index contributed by atoms with van der Waals surface area (Å²) < 4.78 is 25.4. The summed E-state index contributed by atoms with van der Waals surface area (Å²) in [4.78, 5) is 48.2. The Labute approximate surface area is 208 Å². The number of esters is 4. The maximum absolute atomic E-state index is 12.3. The van der Waals surface area contributed by atoms with Gasteiger partial charge in [-0.1, -0.05) is 6.58 Å². The molecule has 1 aliphatic heterocycles. The third kappa shape index (κ3) is 12.3. The van der Waals surface area contributed by atoms with Crippen LogP contribution in [0.5, 0.6) is 0 Å². The fourth-order valence-corrected chi connectivity index (χ4v) is 2.91. The number of hydrogen-bond donors (Lipinski definition) is 7. The molecule has 1 aliphatic rings.